The van der Waals surface area contributed by atoms with Crippen molar-refractivity contribution in [3.63, 3.8) is 0 Å². The van der Waals surface area contributed by atoms with Crippen LogP contribution in [0.25, 0.3) is 33.5 Å². The van der Waals surface area contributed by atoms with Gasteiger partial charge in [-0.25, -0.2) is 9.59 Å². The van der Waals surface area contributed by atoms with Crippen LogP contribution in [0, 0.1) is 0 Å². The molecule has 0 unspecified atom stereocenters. The fourth-order valence-electron chi connectivity index (χ4n) is 3.98. The van der Waals surface area contributed by atoms with Crippen molar-refractivity contribution in [2.75, 3.05) is 6.61 Å². The van der Waals surface area contributed by atoms with Crippen molar-refractivity contribution in [1.82, 2.24) is 19.7 Å². The number of H-pyrrole nitrogens is 1. The summed E-state index contributed by atoms with van der Waals surface area (Å²) in [6.07, 6.45) is 0. The van der Waals surface area contributed by atoms with Crippen molar-refractivity contribution in [3.8, 4) is 28.5 Å². The largest absolute Gasteiger partial charge is 1.00 e. The molecule has 3 aromatic carbocycles. The van der Waals surface area contributed by atoms with Crippen LogP contribution in [0.3, 0.4) is 0 Å². The Morgan fingerprint density at radius 2 is 1.78 bits per heavy atom. The molecule has 174 valence electrons. The number of rotatable bonds is 7. The van der Waals surface area contributed by atoms with E-state index >= 15 is 0 Å². The summed E-state index contributed by atoms with van der Waals surface area (Å²) < 4.78 is 12.1. The van der Waals surface area contributed by atoms with Gasteiger partial charge in [-0.15, -0.1) is 0 Å². The predicted octanol–water partition coefficient (Wildman–Crippen LogP) is -1.58. The predicted molar refractivity (Wildman–Crippen MR) is 127 cm³/mol. The molecule has 36 heavy (non-hydrogen) atoms. The van der Waals surface area contributed by atoms with Gasteiger partial charge in [-0.2, -0.15) is 4.98 Å². The van der Waals surface area contributed by atoms with E-state index in [1.807, 2.05) is 55.5 Å². The zero-order chi connectivity index (χ0) is 23.7. The van der Waals surface area contributed by atoms with E-state index in [-0.39, 0.29) is 67.5 Å². The molecule has 0 radical (unpaired) electrons. The van der Waals surface area contributed by atoms with E-state index in [1.54, 1.807) is 22.8 Å². The maximum Gasteiger partial charge on any atom is 1.00 e. The molecule has 0 spiro atoms. The van der Waals surface area contributed by atoms with Gasteiger partial charge in [-0.3, -0.25) is 14.1 Å². The number of ether oxygens (including phenoxy) is 1. The molecule has 0 aliphatic rings. The minimum absolute atomic E-state index is 0. The number of imidazole rings is 1. The summed E-state index contributed by atoms with van der Waals surface area (Å²) in [4.78, 5) is 30.3. The zero-order valence-electron chi connectivity index (χ0n) is 22.2. The molecule has 2 N–H and O–H groups in total. The van der Waals surface area contributed by atoms with Gasteiger partial charge in [-0.1, -0.05) is 59.8 Å². The minimum Gasteiger partial charge on any atom is -1.00 e. The van der Waals surface area contributed by atoms with E-state index in [9.17, 15) is 14.7 Å². The molecule has 9 nitrogen and oxygen atoms in total. The van der Waals surface area contributed by atoms with Gasteiger partial charge >= 0.3 is 70.8 Å². The average molecular weight is 504 g/mol. The van der Waals surface area contributed by atoms with Crippen molar-refractivity contribution >= 4 is 17.0 Å². The van der Waals surface area contributed by atoms with Crippen LogP contribution >= 0.6 is 0 Å². The number of fused-ring (bicyclic) bond motifs is 1. The van der Waals surface area contributed by atoms with Crippen molar-refractivity contribution < 1.29 is 81.1 Å². The van der Waals surface area contributed by atoms with Gasteiger partial charge in [0.1, 0.15) is 0 Å². The first-order chi connectivity index (χ1) is 16.5. The average Bonchev–Trinajstić information content (AvgIpc) is 3.43. The number of nitrogens with zero attached hydrogens (tertiary/aromatic N) is 3. The van der Waals surface area contributed by atoms with Gasteiger partial charge in [0.2, 0.25) is 0 Å². The number of aromatic carboxylic acids is 1. The summed E-state index contributed by atoms with van der Waals surface area (Å²) in [7, 11) is 0. The van der Waals surface area contributed by atoms with Crippen molar-refractivity contribution in [2.45, 2.75) is 13.5 Å². The SMILES string of the molecule is CCOc1nc2cccc(C(=O)O)c2n1Cc1ccc(-c2ccccc2-c2noc(=O)[nH]2)cc1.[H-].[H-].[Na+].[Na+]. The molecule has 0 atom stereocenters. The van der Waals surface area contributed by atoms with E-state index in [4.69, 9.17) is 4.74 Å². The number of hydrogen-bond donors (Lipinski definition) is 2. The van der Waals surface area contributed by atoms with Gasteiger partial charge in [0.15, 0.2) is 5.82 Å². The van der Waals surface area contributed by atoms with Crippen molar-refractivity contribution in [1.29, 1.82) is 0 Å². The Bertz CT molecular complexity index is 1570. The van der Waals surface area contributed by atoms with E-state index < -0.39 is 11.7 Å². The first-order valence-corrected chi connectivity index (χ1v) is 10.6. The normalized spacial score (nSPS) is 10.5. The third-order valence-corrected chi connectivity index (χ3v) is 5.46. The molecule has 0 saturated carbocycles. The van der Waals surface area contributed by atoms with E-state index in [2.05, 4.69) is 19.6 Å². The Hall–Kier alpha value is -2.66. The second kappa shape index (κ2) is 12.1. The number of hydrogen-bond acceptors (Lipinski definition) is 6. The number of carboxylic acids is 1. The monoisotopic (exact) mass is 504 g/mol. The maximum atomic E-state index is 11.8. The number of nitrogens with one attached hydrogen (secondary N) is 1. The number of para-hydroxylation sites is 1. The molecule has 0 amide bonds. The second-order valence-electron chi connectivity index (χ2n) is 7.58. The topological polar surface area (TPSA) is 123 Å². The van der Waals surface area contributed by atoms with E-state index in [0.29, 0.717) is 36.0 Å². The maximum absolute atomic E-state index is 11.8. The summed E-state index contributed by atoms with van der Waals surface area (Å²) in [5.74, 6) is -1.27. The van der Waals surface area contributed by atoms with Crippen LogP contribution in [-0.2, 0) is 6.54 Å². The number of aromatic nitrogens is 4. The summed E-state index contributed by atoms with van der Waals surface area (Å²) in [5, 5.41) is 13.5. The molecular formula is C25H22N4Na2O5. The summed E-state index contributed by atoms with van der Waals surface area (Å²) in [6.45, 7) is 2.65. The summed E-state index contributed by atoms with van der Waals surface area (Å²) in [6, 6.07) is 20.8. The first-order valence-electron chi connectivity index (χ1n) is 10.6. The van der Waals surface area contributed by atoms with Gasteiger partial charge in [0.05, 0.1) is 29.7 Å². The Morgan fingerprint density at radius 3 is 2.42 bits per heavy atom. The molecule has 0 aliphatic carbocycles. The van der Waals surface area contributed by atoms with Crippen LogP contribution in [0.5, 0.6) is 6.01 Å². The Labute approximate surface area is 253 Å². The van der Waals surface area contributed by atoms with E-state index in [0.717, 1.165) is 22.3 Å². The Kier molecular flexibility index (Phi) is 9.35. The molecular weight excluding hydrogens is 482 g/mol. The van der Waals surface area contributed by atoms with Crippen LogP contribution in [0.4, 0.5) is 0 Å². The first kappa shape index (κ1) is 27.9. The summed E-state index contributed by atoms with van der Waals surface area (Å²) in [5.41, 5.74) is 4.74. The fraction of sp³-hybridized carbons (Fsp3) is 0.120. The third-order valence-electron chi connectivity index (χ3n) is 5.46. The standard InChI is InChI=1S/C25H20N4O5.2Na.2H/c1-2-33-24-26-20-9-5-8-19(23(30)31)21(20)29(24)14-15-10-12-16(13-11-15)17-6-3-4-7-18(17)22-27-25(32)34-28-22;;;;/h3-13H,2,14H2,1H3,(H,30,31)(H,27,28,32);;;;/q;2*+1;2*-1. The molecule has 0 fully saturated rings. The smallest absolute Gasteiger partial charge is 1.00 e. The Morgan fingerprint density at radius 1 is 1.06 bits per heavy atom. The number of carbonyl (C=O) groups is 1. The fourth-order valence-corrected chi connectivity index (χ4v) is 3.98. The van der Waals surface area contributed by atoms with Gasteiger partial charge < -0.3 is 12.7 Å². The minimum atomic E-state index is -1.02. The second-order valence-corrected chi connectivity index (χ2v) is 7.58. The molecule has 11 heteroatoms. The molecule has 2 heterocycles. The van der Waals surface area contributed by atoms with Crippen molar-refractivity contribution in [2.24, 2.45) is 0 Å². The van der Waals surface area contributed by atoms with Gasteiger partial charge in [0, 0.05) is 5.56 Å². The molecule has 5 rings (SSSR count). The van der Waals surface area contributed by atoms with Crippen LogP contribution in [0.1, 0.15) is 25.7 Å². The third kappa shape index (κ3) is 5.51. The Balaban J connectivity index is 0.00000180. The molecule has 0 aliphatic heterocycles. The van der Waals surface area contributed by atoms with Crippen molar-refractivity contribution in [3.05, 3.63) is 88.4 Å². The van der Waals surface area contributed by atoms with Gasteiger partial charge in [0.25, 0.3) is 6.01 Å². The van der Waals surface area contributed by atoms with Gasteiger partial charge in [-0.05, 0) is 35.7 Å². The molecule has 2 aromatic heterocycles. The summed E-state index contributed by atoms with van der Waals surface area (Å²) >= 11 is 0. The number of aromatic amines is 1. The molecule has 5 aromatic rings. The van der Waals surface area contributed by atoms with Crippen LogP contribution < -0.4 is 69.6 Å². The van der Waals surface area contributed by atoms with Crippen LogP contribution in [0.2, 0.25) is 0 Å². The van der Waals surface area contributed by atoms with E-state index in [1.165, 1.54) is 0 Å². The quantitative estimate of drug-likeness (QED) is 0.257. The molecule has 0 bridgehead atoms. The zero-order valence-corrected chi connectivity index (χ0v) is 24.2. The van der Waals surface area contributed by atoms with Crippen LogP contribution in [0.15, 0.2) is 76.0 Å². The number of benzene rings is 3. The van der Waals surface area contributed by atoms with Crippen LogP contribution in [-0.4, -0.2) is 37.4 Å². The molecule has 0 saturated heterocycles. The number of carboxylic acid groups (broad SMARTS) is 1.